The minimum Gasteiger partial charge on any atom is -0.312 e. The van der Waals surface area contributed by atoms with Crippen LogP contribution in [0.5, 0.6) is 0 Å². The van der Waals surface area contributed by atoms with Crippen LogP contribution >= 0.6 is 11.3 Å². The highest BCUT2D eigenvalue weighted by atomic mass is 32.1. The van der Waals surface area contributed by atoms with Gasteiger partial charge in [0.15, 0.2) is 0 Å². The summed E-state index contributed by atoms with van der Waals surface area (Å²) >= 11 is 1.93. The molecule has 0 aliphatic heterocycles. The number of nitrogens with one attached hydrogen (secondary N) is 1. The second-order valence-corrected chi connectivity index (χ2v) is 6.52. The molecule has 1 rings (SSSR count). The SMILES string of the molecule is Cc1ccc(CCCCNC(C)(C)C)s1. The summed E-state index contributed by atoms with van der Waals surface area (Å²) in [6, 6.07) is 4.48. The molecule has 1 aromatic heterocycles. The molecule has 86 valence electrons. The zero-order valence-corrected chi connectivity index (χ0v) is 11.2. The van der Waals surface area contributed by atoms with E-state index in [-0.39, 0.29) is 5.54 Å². The van der Waals surface area contributed by atoms with Crippen LogP contribution in [-0.2, 0) is 6.42 Å². The van der Waals surface area contributed by atoms with Crippen molar-refractivity contribution in [3.05, 3.63) is 21.9 Å². The molecule has 0 amide bonds. The zero-order valence-electron chi connectivity index (χ0n) is 10.4. The summed E-state index contributed by atoms with van der Waals surface area (Å²) in [4.78, 5) is 2.96. The molecule has 0 radical (unpaired) electrons. The predicted octanol–water partition coefficient (Wildman–Crippen LogP) is 3.77. The van der Waals surface area contributed by atoms with Crippen molar-refractivity contribution in [1.82, 2.24) is 5.32 Å². The van der Waals surface area contributed by atoms with E-state index < -0.39 is 0 Å². The largest absolute Gasteiger partial charge is 0.312 e. The van der Waals surface area contributed by atoms with Gasteiger partial charge in [-0.2, -0.15) is 0 Å². The second-order valence-electron chi connectivity index (χ2n) is 5.15. The van der Waals surface area contributed by atoms with E-state index in [9.17, 15) is 0 Å². The Morgan fingerprint density at radius 2 is 1.93 bits per heavy atom. The molecule has 0 saturated carbocycles. The molecule has 2 heteroatoms. The van der Waals surface area contributed by atoms with Crippen molar-refractivity contribution in [3.63, 3.8) is 0 Å². The predicted molar refractivity (Wildman–Crippen MR) is 69.7 cm³/mol. The number of hydrogen-bond donors (Lipinski definition) is 1. The number of unbranched alkanes of at least 4 members (excludes halogenated alkanes) is 1. The average Bonchev–Trinajstić information content (AvgIpc) is 2.49. The summed E-state index contributed by atoms with van der Waals surface area (Å²) < 4.78 is 0. The quantitative estimate of drug-likeness (QED) is 0.752. The number of thiophene rings is 1. The smallest absolute Gasteiger partial charge is 0.00965 e. The third-order valence-corrected chi connectivity index (χ3v) is 3.36. The number of rotatable bonds is 5. The molecule has 1 aromatic rings. The normalized spacial score (nSPS) is 12.0. The highest BCUT2D eigenvalue weighted by Crippen LogP contribution is 2.17. The molecule has 0 aromatic carbocycles. The van der Waals surface area contributed by atoms with Gasteiger partial charge in [-0.15, -0.1) is 11.3 Å². The maximum absolute atomic E-state index is 3.52. The molecule has 1 heterocycles. The molecule has 0 unspecified atom stereocenters. The lowest BCUT2D eigenvalue weighted by molar-refractivity contribution is 0.419. The third kappa shape index (κ3) is 5.95. The van der Waals surface area contributed by atoms with Gasteiger partial charge in [-0.25, -0.2) is 0 Å². The Bertz CT molecular complexity index is 283. The van der Waals surface area contributed by atoms with Gasteiger partial charge in [0.2, 0.25) is 0 Å². The summed E-state index contributed by atoms with van der Waals surface area (Å²) in [6.45, 7) is 9.96. The first-order valence-electron chi connectivity index (χ1n) is 5.78. The van der Waals surface area contributed by atoms with Crippen LogP contribution in [0.4, 0.5) is 0 Å². The molecule has 0 atom stereocenters. The van der Waals surface area contributed by atoms with E-state index >= 15 is 0 Å². The van der Waals surface area contributed by atoms with Gasteiger partial charge in [-0.05, 0) is 65.6 Å². The van der Waals surface area contributed by atoms with Crippen molar-refractivity contribution in [2.75, 3.05) is 6.54 Å². The van der Waals surface area contributed by atoms with E-state index in [1.54, 1.807) is 0 Å². The first-order chi connectivity index (χ1) is 6.97. The molecule has 0 saturated heterocycles. The van der Waals surface area contributed by atoms with Crippen LogP contribution < -0.4 is 5.32 Å². The fourth-order valence-electron chi connectivity index (χ4n) is 1.51. The topological polar surface area (TPSA) is 12.0 Å². The van der Waals surface area contributed by atoms with Gasteiger partial charge >= 0.3 is 0 Å². The van der Waals surface area contributed by atoms with Crippen molar-refractivity contribution in [2.45, 2.75) is 52.5 Å². The number of hydrogen-bond acceptors (Lipinski definition) is 2. The lowest BCUT2D eigenvalue weighted by Gasteiger charge is -2.20. The van der Waals surface area contributed by atoms with Crippen molar-refractivity contribution < 1.29 is 0 Å². The summed E-state index contributed by atoms with van der Waals surface area (Å²) in [7, 11) is 0. The van der Waals surface area contributed by atoms with E-state index in [2.05, 4.69) is 45.1 Å². The lowest BCUT2D eigenvalue weighted by Crippen LogP contribution is -2.36. The van der Waals surface area contributed by atoms with E-state index in [1.165, 1.54) is 29.0 Å². The van der Waals surface area contributed by atoms with Crippen molar-refractivity contribution in [1.29, 1.82) is 0 Å². The number of aryl methyl sites for hydroxylation is 2. The second kappa shape index (κ2) is 5.66. The van der Waals surface area contributed by atoms with Gasteiger partial charge in [0.1, 0.15) is 0 Å². The Balaban J connectivity index is 2.07. The van der Waals surface area contributed by atoms with E-state index in [0.29, 0.717) is 0 Å². The molecule has 0 bridgehead atoms. The standard InChI is InChI=1S/C13H23NS/c1-11-8-9-12(15-11)7-5-6-10-14-13(2,3)4/h8-9,14H,5-7,10H2,1-4H3. The van der Waals surface area contributed by atoms with Gasteiger partial charge in [0, 0.05) is 15.3 Å². The Morgan fingerprint density at radius 1 is 1.20 bits per heavy atom. The molecular formula is C13H23NS. The Morgan fingerprint density at radius 3 is 2.47 bits per heavy atom. The highest BCUT2D eigenvalue weighted by molar-refractivity contribution is 7.11. The summed E-state index contributed by atoms with van der Waals surface area (Å²) in [5.41, 5.74) is 0.263. The highest BCUT2D eigenvalue weighted by Gasteiger charge is 2.07. The average molecular weight is 225 g/mol. The summed E-state index contributed by atoms with van der Waals surface area (Å²) in [5.74, 6) is 0. The van der Waals surface area contributed by atoms with Gasteiger partial charge in [0.05, 0.1) is 0 Å². The molecule has 15 heavy (non-hydrogen) atoms. The Kier molecular flexibility index (Phi) is 4.81. The molecule has 1 N–H and O–H groups in total. The van der Waals surface area contributed by atoms with Crippen molar-refractivity contribution in [2.24, 2.45) is 0 Å². The van der Waals surface area contributed by atoms with Crippen LogP contribution in [0, 0.1) is 6.92 Å². The molecule has 0 spiro atoms. The molecule has 0 fully saturated rings. The first-order valence-corrected chi connectivity index (χ1v) is 6.59. The van der Waals surface area contributed by atoms with Crippen LogP contribution in [0.3, 0.4) is 0 Å². The van der Waals surface area contributed by atoms with E-state index in [4.69, 9.17) is 0 Å². The Labute approximate surface area is 97.9 Å². The third-order valence-electron chi connectivity index (χ3n) is 2.30. The first kappa shape index (κ1) is 12.7. The van der Waals surface area contributed by atoms with Gasteiger partial charge < -0.3 is 5.32 Å². The van der Waals surface area contributed by atoms with E-state index in [1.807, 2.05) is 11.3 Å². The molecule has 0 aliphatic carbocycles. The summed E-state index contributed by atoms with van der Waals surface area (Å²) in [6.07, 6.45) is 3.81. The Hall–Kier alpha value is -0.340. The molecule has 1 nitrogen and oxygen atoms in total. The van der Waals surface area contributed by atoms with Crippen molar-refractivity contribution >= 4 is 11.3 Å². The molecular weight excluding hydrogens is 202 g/mol. The molecule has 0 aliphatic rings. The van der Waals surface area contributed by atoms with Crippen molar-refractivity contribution in [3.8, 4) is 0 Å². The van der Waals surface area contributed by atoms with Crippen LogP contribution in [0.1, 0.15) is 43.4 Å². The van der Waals surface area contributed by atoms with Crippen LogP contribution in [0.15, 0.2) is 12.1 Å². The van der Waals surface area contributed by atoms with Gasteiger partial charge in [-0.1, -0.05) is 0 Å². The monoisotopic (exact) mass is 225 g/mol. The maximum Gasteiger partial charge on any atom is 0.00965 e. The fourth-order valence-corrected chi connectivity index (χ4v) is 2.44. The summed E-state index contributed by atoms with van der Waals surface area (Å²) in [5, 5.41) is 3.52. The van der Waals surface area contributed by atoms with Gasteiger partial charge in [-0.3, -0.25) is 0 Å². The zero-order chi connectivity index (χ0) is 11.3. The van der Waals surface area contributed by atoms with Crippen LogP contribution in [0.2, 0.25) is 0 Å². The maximum atomic E-state index is 3.52. The lowest BCUT2D eigenvalue weighted by atomic mass is 10.1. The van der Waals surface area contributed by atoms with Crippen LogP contribution in [0.25, 0.3) is 0 Å². The fraction of sp³-hybridized carbons (Fsp3) is 0.692. The minimum atomic E-state index is 0.263. The van der Waals surface area contributed by atoms with E-state index in [0.717, 1.165) is 6.54 Å². The van der Waals surface area contributed by atoms with Crippen LogP contribution in [-0.4, -0.2) is 12.1 Å². The minimum absolute atomic E-state index is 0.263. The van der Waals surface area contributed by atoms with Gasteiger partial charge in [0.25, 0.3) is 0 Å².